The third-order valence-electron chi connectivity index (χ3n) is 2.53. The first kappa shape index (κ1) is 14.9. The van der Waals surface area contributed by atoms with E-state index in [-0.39, 0.29) is 13.2 Å². The summed E-state index contributed by atoms with van der Waals surface area (Å²) in [5.74, 6) is -0.434. The predicted octanol–water partition coefficient (Wildman–Crippen LogP) is -0.350. The molecule has 104 valence electrons. The highest BCUT2D eigenvalue weighted by Crippen LogP contribution is 2.10. The van der Waals surface area contributed by atoms with Gasteiger partial charge < -0.3 is 26.6 Å². The second kappa shape index (κ2) is 6.17. The van der Waals surface area contributed by atoms with Crippen LogP contribution >= 0.6 is 0 Å². The van der Waals surface area contributed by atoms with Gasteiger partial charge in [-0.1, -0.05) is 0 Å². The fourth-order valence-electron chi connectivity index (χ4n) is 1.32. The third kappa shape index (κ3) is 4.23. The third-order valence-corrected chi connectivity index (χ3v) is 2.53. The second-order valence-corrected chi connectivity index (χ2v) is 4.40. The molecule has 0 atom stereocenters. The van der Waals surface area contributed by atoms with Crippen molar-refractivity contribution in [3.8, 4) is 0 Å². The molecular weight excluding hydrogens is 250 g/mol. The van der Waals surface area contributed by atoms with E-state index in [1.54, 1.807) is 0 Å². The number of hydrogen-bond donors (Lipinski definition) is 5. The lowest BCUT2D eigenvalue weighted by molar-refractivity contribution is 0.0724. The first-order valence-electron chi connectivity index (χ1n) is 5.61. The fraction of sp³-hybridized carbons (Fsp3) is 0.333. The van der Waals surface area contributed by atoms with Gasteiger partial charge in [-0.15, -0.1) is 0 Å². The van der Waals surface area contributed by atoms with Crippen molar-refractivity contribution in [2.75, 3.05) is 18.5 Å². The second-order valence-electron chi connectivity index (χ2n) is 4.40. The Labute approximate surface area is 110 Å². The van der Waals surface area contributed by atoms with E-state index in [0.717, 1.165) is 0 Å². The van der Waals surface area contributed by atoms with Crippen LogP contribution in [0.4, 0.5) is 10.5 Å². The Hall–Kier alpha value is -2.12. The van der Waals surface area contributed by atoms with Crippen LogP contribution in [0.1, 0.15) is 17.3 Å². The minimum Gasteiger partial charge on any atom is -0.394 e. The minimum atomic E-state index is -1.08. The summed E-state index contributed by atoms with van der Waals surface area (Å²) >= 11 is 0. The van der Waals surface area contributed by atoms with Gasteiger partial charge in [0.05, 0.1) is 18.8 Å². The molecule has 0 heterocycles. The number of amides is 3. The Morgan fingerprint density at radius 1 is 1.21 bits per heavy atom. The summed E-state index contributed by atoms with van der Waals surface area (Å²) in [6, 6.07) is 5.35. The van der Waals surface area contributed by atoms with Crippen LogP contribution in [0.5, 0.6) is 0 Å². The minimum absolute atomic E-state index is 0.336. The number of anilines is 1. The van der Waals surface area contributed by atoms with Crippen molar-refractivity contribution in [3.05, 3.63) is 29.8 Å². The number of hydrogen-bond acceptors (Lipinski definition) is 4. The van der Waals surface area contributed by atoms with Crippen molar-refractivity contribution < 1.29 is 19.8 Å². The SMILES string of the molecule is CC(CO)(CO)NC(=O)c1ccc(NC(N)=O)cc1. The monoisotopic (exact) mass is 267 g/mol. The van der Waals surface area contributed by atoms with Gasteiger partial charge in [0.1, 0.15) is 0 Å². The van der Waals surface area contributed by atoms with Gasteiger partial charge in [0, 0.05) is 11.3 Å². The molecule has 19 heavy (non-hydrogen) atoms. The number of nitrogens with two attached hydrogens (primary N) is 1. The van der Waals surface area contributed by atoms with Crippen LogP contribution in [0.25, 0.3) is 0 Å². The molecule has 0 aliphatic rings. The van der Waals surface area contributed by atoms with Crippen LogP contribution in [0.2, 0.25) is 0 Å². The summed E-state index contributed by atoms with van der Waals surface area (Å²) in [6.45, 7) is 0.765. The van der Waals surface area contributed by atoms with Crippen LogP contribution in [-0.2, 0) is 0 Å². The Kier molecular flexibility index (Phi) is 4.85. The molecule has 7 nitrogen and oxygen atoms in total. The van der Waals surface area contributed by atoms with Gasteiger partial charge in [-0.2, -0.15) is 0 Å². The van der Waals surface area contributed by atoms with Crippen molar-refractivity contribution in [3.63, 3.8) is 0 Å². The van der Waals surface area contributed by atoms with Crippen molar-refractivity contribution >= 4 is 17.6 Å². The Morgan fingerprint density at radius 2 is 1.74 bits per heavy atom. The van der Waals surface area contributed by atoms with E-state index in [4.69, 9.17) is 15.9 Å². The van der Waals surface area contributed by atoms with E-state index < -0.39 is 17.5 Å². The number of carbonyl (C=O) groups is 2. The summed E-state index contributed by atoms with van der Waals surface area (Å²) in [6.07, 6.45) is 0. The molecule has 0 aliphatic carbocycles. The maximum atomic E-state index is 11.9. The summed E-state index contributed by atoms with van der Waals surface area (Å²) < 4.78 is 0. The lowest BCUT2D eigenvalue weighted by atomic mass is 10.0. The molecule has 0 saturated carbocycles. The van der Waals surface area contributed by atoms with Gasteiger partial charge in [0.25, 0.3) is 5.91 Å². The highest BCUT2D eigenvalue weighted by molar-refractivity contribution is 5.95. The van der Waals surface area contributed by atoms with E-state index in [1.807, 2.05) is 0 Å². The zero-order valence-electron chi connectivity index (χ0n) is 10.5. The molecule has 0 fully saturated rings. The molecule has 0 aromatic heterocycles. The van der Waals surface area contributed by atoms with Crippen LogP contribution in [0.3, 0.4) is 0 Å². The number of aliphatic hydroxyl groups is 2. The van der Waals surface area contributed by atoms with E-state index >= 15 is 0 Å². The van der Waals surface area contributed by atoms with Crippen LogP contribution in [-0.4, -0.2) is 40.9 Å². The summed E-state index contributed by atoms with van der Waals surface area (Å²) in [7, 11) is 0. The first-order valence-corrected chi connectivity index (χ1v) is 5.61. The van der Waals surface area contributed by atoms with Gasteiger partial charge in [0.2, 0.25) is 0 Å². The molecule has 1 aromatic rings. The van der Waals surface area contributed by atoms with Gasteiger partial charge >= 0.3 is 6.03 Å². The number of nitrogens with one attached hydrogen (secondary N) is 2. The lowest BCUT2D eigenvalue weighted by Gasteiger charge is -2.26. The number of urea groups is 1. The molecule has 0 unspecified atom stereocenters. The van der Waals surface area contributed by atoms with Gasteiger partial charge in [-0.25, -0.2) is 4.79 Å². The maximum absolute atomic E-state index is 11.9. The Morgan fingerprint density at radius 3 is 2.16 bits per heavy atom. The summed E-state index contributed by atoms with van der Waals surface area (Å²) in [5.41, 5.74) is 4.68. The Balaban J connectivity index is 2.75. The van der Waals surface area contributed by atoms with Crippen LogP contribution in [0.15, 0.2) is 24.3 Å². The van der Waals surface area contributed by atoms with Crippen molar-refractivity contribution in [1.29, 1.82) is 0 Å². The molecule has 0 saturated heterocycles. The number of rotatable bonds is 5. The summed E-state index contributed by atoms with van der Waals surface area (Å²) in [4.78, 5) is 22.5. The number of benzene rings is 1. The zero-order chi connectivity index (χ0) is 14.5. The van der Waals surface area contributed by atoms with Crippen molar-refractivity contribution in [2.24, 2.45) is 5.73 Å². The predicted molar refractivity (Wildman–Crippen MR) is 69.7 cm³/mol. The fourth-order valence-corrected chi connectivity index (χ4v) is 1.32. The van der Waals surface area contributed by atoms with E-state index in [0.29, 0.717) is 11.3 Å². The Bertz CT molecular complexity index is 455. The summed E-state index contributed by atoms with van der Waals surface area (Å²) in [5, 5.41) is 23.1. The van der Waals surface area contributed by atoms with E-state index in [2.05, 4.69) is 10.6 Å². The largest absolute Gasteiger partial charge is 0.394 e. The number of carbonyl (C=O) groups excluding carboxylic acids is 2. The highest BCUT2D eigenvalue weighted by atomic mass is 16.3. The first-order chi connectivity index (χ1) is 8.90. The maximum Gasteiger partial charge on any atom is 0.316 e. The number of aliphatic hydroxyl groups excluding tert-OH is 2. The standard InChI is InChI=1S/C12H17N3O4/c1-12(6-16,7-17)15-10(18)8-2-4-9(5-3-8)14-11(13)19/h2-5,16-17H,6-7H2,1H3,(H,15,18)(H3,13,14,19). The highest BCUT2D eigenvalue weighted by Gasteiger charge is 2.24. The topological polar surface area (TPSA) is 125 Å². The molecule has 0 bridgehead atoms. The normalized spacial score (nSPS) is 10.9. The van der Waals surface area contributed by atoms with Crippen LogP contribution < -0.4 is 16.4 Å². The zero-order valence-corrected chi connectivity index (χ0v) is 10.5. The quantitative estimate of drug-likeness (QED) is 0.500. The van der Waals surface area contributed by atoms with Gasteiger partial charge in [-0.05, 0) is 31.2 Å². The molecule has 0 aliphatic heterocycles. The molecule has 7 heteroatoms. The number of primary amides is 1. The molecular formula is C12H17N3O4. The van der Waals surface area contributed by atoms with Crippen LogP contribution in [0, 0.1) is 0 Å². The lowest BCUT2D eigenvalue weighted by Crippen LogP contribution is -2.51. The molecule has 1 rings (SSSR count). The molecule has 0 spiro atoms. The average Bonchev–Trinajstić information content (AvgIpc) is 2.38. The van der Waals surface area contributed by atoms with Crippen molar-refractivity contribution in [1.82, 2.24) is 5.32 Å². The van der Waals surface area contributed by atoms with E-state index in [1.165, 1.54) is 31.2 Å². The average molecular weight is 267 g/mol. The van der Waals surface area contributed by atoms with Crippen molar-refractivity contribution in [2.45, 2.75) is 12.5 Å². The smallest absolute Gasteiger partial charge is 0.316 e. The molecule has 1 aromatic carbocycles. The molecule has 6 N–H and O–H groups in total. The molecule has 0 radical (unpaired) electrons. The van der Waals surface area contributed by atoms with Gasteiger partial charge in [-0.3, -0.25) is 4.79 Å². The molecule has 3 amide bonds. The van der Waals surface area contributed by atoms with E-state index in [9.17, 15) is 9.59 Å². The van der Waals surface area contributed by atoms with Gasteiger partial charge in [0.15, 0.2) is 0 Å².